The smallest absolute Gasteiger partial charge is 0.201 e. The fourth-order valence-electron chi connectivity index (χ4n) is 5.00. The molecule has 0 aromatic heterocycles. The van der Waals surface area contributed by atoms with Crippen molar-refractivity contribution in [3.63, 3.8) is 0 Å². The molecule has 1 aliphatic carbocycles. The van der Waals surface area contributed by atoms with E-state index in [9.17, 15) is 8.78 Å². The summed E-state index contributed by atoms with van der Waals surface area (Å²) in [5.41, 5.74) is 1.55. The molecule has 0 aliphatic heterocycles. The molecule has 190 valence electrons. The number of rotatable bonds is 9. The van der Waals surface area contributed by atoms with E-state index in [1.54, 1.807) is 36.4 Å². The lowest BCUT2D eigenvalue weighted by Crippen LogP contribution is -2.13. The Bertz CT molecular complexity index is 1190. The van der Waals surface area contributed by atoms with Gasteiger partial charge in [-0.25, -0.2) is 13.2 Å². The second-order valence-corrected chi connectivity index (χ2v) is 9.55. The van der Waals surface area contributed by atoms with Crippen LogP contribution in [0.4, 0.5) is 17.6 Å². The van der Waals surface area contributed by atoms with Crippen LogP contribution in [0.15, 0.2) is 61.2 Å². The number of unbranched alkanes of at least 4 members (excludes halogenated alkanes) is 2. The third-order valence-electron chi connectivity index (χ3n) is 7.22. The molecule has 1 saturated carbocycles. The standard InChI is InChI=1S/C31H32F4O/c1-3-5-6-19-36-27-18-17-26(30(34)31(27)35)23-13-11-22(12-14-23)25-16-15-24(28(32)29(25)33)21-9-7-20(4-2)8-10-21/h4,11-18,20-21H,2-3,5-10,19H2,1H3. The highest BCUT2D eigenvalue weighted by atomic mass is 19.2. The number of benzene rings is 3. The molecule has 0 radical (unpaired) electrons. The van der Waals surface area contributed by atoms with Crippen molar-refractivity contribution in [3.05, 3.63) is 90.0 Å². The fraction of sp³-hybridized carbons (Fsp3) is 0.355. The van der Waals surface area contributed by atoms with Crippen molar-refractivity contribution < 1.29 is 22.3 Å². The summed E-state index contributed by atoms with van der Waals surface area (Å²) in [4.78, 5) is 0. The summed E-state index contributed by atoms with van der Waals surface area (Å²) in [6.45, 7) is 6.22. The van der Waals surface area contributed by atoms with Gasteiger partial charge in [-0.05, 0) is 72.8 Å². The summed E-state index contributed by atoms with van der Waals surface area (Å²) >= 11 is 0. The van der Waals surface area contributed by atoms with Crippen molar-refractivity contribution in [1.82, 2.24) is 0 Å². The normalized spacial score (nSPS) is 17.7. The first-order valence-corrected chi connectivity index (χ1v) is 12.8. The maximum absolute atomic E-state index is 15.1. The van der Waals surface area contributed by atoms with Gasteiger partial charge in [0.1, 0.15) is 0 Å². The number of hydrogen-bond acceptors (Lipinski definition) is 1. The quantitative estimate of drug-likeness (QED) is 0.163. The minimum atomic E-state index is -1.03. The zero-order valence-electron chi connectivity index (χ0n) is 20.6. The van der Waals surface area contributed by atoms with E-state index in [1.165, 1.54) is 12.1 Å². The van der Waals surface area contributed by atoms with Crippen LogP contribution in [0, 0.1) is 29.2 Å². The first-order valence-electron chi connectivity index (χ1n) is 12.8. The highest BCUT2D eigenvalue weighted by Gasteiger charge is 2.25. The molecule has 3 aromatic rings. The molecule has 0 bridgehead atoms. The Morgan fingerprint density at radius 1 is 0.750 bits per heavy atom. The topological polar surface area (TPSA) is 9.23 Å². The van der Waals surface area contributed by atoms with Crippen LogP contribution in [0.5, 0.6) is 5.75 Å². The van der Waals surface area contributed by atoms with Gasteiger partial charge in [0.15, 0.2) is 23.2 Å². The molecule has 1 nitrogen and oxygen atoms in total. The molecule has 5 heteroatoms. The van der Waals surface area contributed by atoms with Gasteiger partial charge in [0.2, 0.25) is 5.82 Å². The predicted molar refractivity (Wildman–Crippen MR) is 137 cm³/mol. The van der Waals surface area contributed by atoms with Crippen molar-refractivity contribution in [2.75, 3.05) is 6.61 Å². The minimum Gasteiger partial charge on any atom is -0.490 e. The van der Waals surface area contributed by atoms with E-state index in [1.807, 2.05) is 6.08 Å². The van der Waals surface area contributed by atoms with Crippen LogP contribution in [-0.2, 0) is 0 Å². The van der Waals surface area contributed by atoms with Crippen molar-refractivity contribution >= 4 is 0 Å². The molecule has 3 aromatic carbocycles. The maximum Gasteiger partial charge on any atom is 0.201 e. The van der Waals surface area contributed by atoms with Gasteiger partial charge in [0, 0.05) is 11.1 Å². The highest BCUT2D eigenvalue weighted by molar-refractivity contribution is 5.72. The van der Waals surface area contributed by atoms with E-state index in [-0.39, 0.29) is 22.8 Å². The zero-order valence-corrected chi connectivity index (χ0v) is 20.6. The van der Waals surface area contributed by atoms with E-state index in [0.29, 0.717) is 29.2 Å². The van der Waals surface area contributed by atoms with Crippen LogP contribution in [0.2, 0.25) is 0 Å². The van der Waals surface area contributed by atoms with Crippen LogP contribution >= 0.6 is 0 Å². The summed E-state index contributed by atoms with van der Waals surface area (Å²) in [6.07, 6.45) is 8.16. The van der Waals surface area contributed by atoms with Gasteiger partial charge in [-0.2, -0.15) is 4.39 Å². The molecule has 0 unspecified atom stereocenters. The molecule has 0 heterocycles. The Morgan fingerprint density at radius 3 is 1.92 bits per heavy atom. The molecule has 0 saturated heterocycles. The summed E-state index contributed by atoms with van der Waals surface area (Å²) in [6, 6.07) is 12.5. The second kappa shape index (κ2) is 11.8. The molecule has 0 atom stereocenters. The maximum atomic E-state index is 15.1. The van der Waals surface area contributed by atoms with Crippen molar-refractivity contribution in [2.45, 2.75) is 57.8 Å². The van der Waals surface area contributed by atoms with E-state index >= 15 is 8.78 Å². The first kappa shape index (κ1) is 26.0. The fourth-order valence-corrected chi connectivity index (χ4v) is 5.00. The molecular weight excluding hydrogens is 464 g/mol. The molecule has 0 N–H and O–H groups in total. The Hall–Kier alpha value is -3.08. The van der Waals surface area contributed by atoms with Gasteiger partial charge < -0.3 is 4.74 Å². The predicted octanol–water partition coefficient (Wildman–Crippen LogP) is 9.61. The average molecular weight is 497 g/mol. The van der Waals surface area contributed by atoms with Crippen LogP contribution in [-0.4, -0.2) is 6.61 Å². The molecule has 1 fully saturated rings. The third-order valence-corrected chi connectivity index (χ3v) is 7.22. The monoisotopic (exact) mass is 496 g/mol. The molecule has 36 heavy (non-hydrogen) atoms. The summed E-state index contributed by atoms with van der Waals surface area (Å²) < 4.78 is 64.8. The summed E-state index contributed by atoms with van der Waals surface area (Å²) in [5, 5.41) is 0. The van der Waals surface area contributed by atoms with E-state index in [4.69, 9.17) is 4.74 Å². The molecule has 0 amide bonds. The van der Waals surface area contributed by atoms with Gasteiger partial charge in [0.05, 0.1) is 6.61 Å². The SMILES string of the molecule is C=CC1CCC(c2ccc(-c3ccc(-c4ccc(OCCCCC)c(F)c4F)cc3)c(F)c2F)CC1. The van der Waals surface area contributed by atoms with Crippen LogP contribution in [0.1, 0.15) is 63.4 Å². The number of ether oxygens (including phenoxy) is 1. The van der Waals surface area contributed by atoms with Crippen molar-refractivity contribution in [1.29, 1.82) is 0 Å². The molecule has 1 aliphatic rings. The van der Waals surface area contributed by atoms with E-state index in [2.05, 4.69) is 13.5 Å². The number of allylic oxidation sites excluding steroid dienone is 1. The molecular formula is C31H32F4O. The van der Waals surface area contributed by atoms with Gasteiger partial charge in [-0.15, -0.1) is 6.58 Å². The summed E-state index contributed by atoms with van der Waals surface area (Å²) in [7, 11) is 0. The second-order valence-electron chi connectivity index (χ2n) is 9.55. The van der Waals surface area contributed by atoms with Gasteiger partial charge >= 0.3 is 0 Å². The zero-order chi connectivity index (χ0) is 25.7. The Morgan fingerprint density at radius 2 is 1.33 bits per heavy atom. The Balaban J connectivity index is 1.52. The van der Waals surface area contributed by atoms with Crippen LogP contribution < -0.4 is 4.74 Å². The third kappa shape index (κ3) is 5.50. The number of halogens is 4. The van der Waals surface area contributed by atoms with Gasteiger partial charge in [-0.3, -0.25) is 0 Å². The largest absolute Gasteiger partial charge is 0.490 e. The van der Waals surface area contributed by atoms with E-state index < -0.39 is 23.3 Å². The lowest BCUT2D eigenvalue weighted by molar-refractivity contribution is 0.286. The first-order chi connectivity index (χ1) is 17.4. The van der Waals surface area contributed by atoms with Crippen molar-refractivity contribution in [3.8, 4) is 28.0 Å². The average Bonchev–Trinajstić information content (AvgIpc) is 2.91. The van der Waals surface area contributed by atoms with Crippen LogP contribution in [0.25, 0.3) is 22.3 Å². The van der Waals surface area contributed by atoms with Crippen LogP contribution in [0.3, 0.4) is 0 Å². The Labute approximate surface area is 210 Å². The minimum absolute atomic E-state index is 0.00333. The molecule has 0 spiro atoms. The lowest BCUT2D eigenvalue weighted by atomic mass is 9.78. The van der Waals surface area contributed by atoms with E-state index in [0.717, 1.165) is 44.9 Å². The number of hydrogen-bond donors (Lipinski definition) is 0. The Kier molecular flexibility index (Phi) is 8.50. The van der Waals surface area contributed by atoms with Gasteiger partial charge in [-0.1, -0.05) is 62.2 Å². The summed E-state index contributed by atoms with van der Waals surface area (Å²) in [5.74, 6) is -3.38. The highest BCUT2D eigenvalue weighted by Crippen LogP contribution is 2.39. The van der Waals surface area contributed by atoms with Gasteiger partial charge in [0.25, 0.3) is 0 Å². The lowest BCUT2D eigenvalue weighted by Gasteiger charge is -2.27. The molecule has 4 rings (SSSR count). The van der Waals surface area contributed by atoms with Crippen molar-refractivity contribution in [2.24, 2.45) is 5.92 Å².